The first-order valence-electron chi connectivity index (χ1n) is 10.1. The number of benzene rings is 1. The molecule has 1 atom stereocenters. The molecule has 2 aromatic rings. The topological polar surface area (TPSA) is 80.1 Å². The molecular weight excluding hydrogens is 354 g/mol. The van der Waals surface area contributed by atoms with Crippen molar-refractivity contribution in [3.05, 3.63) is 47.5 Å². The van der Waals surface area contributed by atoms with Crippen LogP contribution in [0, 0.1) is 0 Å². The first-order chi connectivity index (χ1) is 13.5. The summed E-state index contributed by atoms with van der Waals surface area (Å²) in [7, 11) is 0. The van der Waals surface area contributed by atoms with E-state index in [0.717, 1.165) is 42.9 Å². The number of likely N-dealkylation sites (tertiary alicyclic amines) is 1. The predicted octanol–water partition coefficient (Wildman–Crippen LogP) is 2.31. The van der Waals surface area contributed by atoms with Gasteiger partial charge in [0.2, 0.25) is 5.91 Å². The molecule has 2 aliphatic heterocycles. The summed E-state index contributed by atoms with van der Waals surface area (Å²) in [6.45, 7) is 5.34. The zero-order chi connectivity index (χ0) is 19.7. The van der Waals surface area contributed by atoms with Gasteiger partial charge in [-0.2, -0.15) is 0 Å². The molecule has 1 unspecified atom stereocenters. The van der Waals surface area contributed by atoms with E-state index in [1.807, 2.05) is 49.1 Å². The van der Waals surface area contributed by atoms with E-state index >= 15 is 0 Å². The van der Waals surface area contributed by atoms with E-state index < -0.39 is 0 Å². The van der Waals surface area contributed by atoms with Crippen LogP contribution in [-0.4, -0.2) is 50.6 Å². The van der Waals surface area contributed by atoms with Gasteiger partial charge >= 0.3 is 0 Å². The Kier molecular flexibility index (Phi) is 5.15. The minimum absolute atomic E-state index is 0.0477. The highest BCUT2D eigenvalue weighted by molar-refractivity contribution is 5.94. The second kappa shape index (κ2) is 7.73. The van der Waals surface area contributed by atoms with E-state index in [1.165, 1.54) is 0 Å². The Bertz CT molecular complexity index is 853. The van der Waals surface area contributed by atoms with Crippen LogP contribution in [0.3, 0.4) is 0 Å². The summed E-state index contributed by atoms with van der Waals surface area (Å²) in [6, 6.07) is 9.31. The molecule has 4 rings (SSSR count). The molecule has 7 heteroatoms. The summed E-state index contributed by atoms with van der Waals surface area (Å²) in [4.78, 5) is 27.2. The summed E-state index contributed by atoms with van der Waals surface area (Å²) in [5, 5.41) is 11.8. The van der Waals surface area contributed by atoms with Gasteiger partial charge in [-0.05, 0) is 45.2 Å². The van der Waals surface area contributed by atoms with E-state index in [0.29, 0.717) is 13.1 Å². The van der Waals surface area contributed by atoms with Gasteiger partial charge in [0.25, 0.3) is 5.91 Å². The minimum atomic E-state index is -0.216. The summed E-state index contributed by atoms with van der Waals surface area (Å²) in [5.41, 5.74) is 0.731. The molecule has 1 saturated heterocycles. The van der Waals surface area contributed by atoms with Crippen LogP contribution in [0.2, 0.25) is 0 Å². The molecule has 1 aromatic heterocycles. The predicted molar refractivity (Wildman–Crippen MR) is 105 cm³/mol. The van der Waals surface area contributed by atoms with Crippen LogP contribution in [0.1, 0.15) is 67.1 Å². The van der Waals surface area contributed by atoms with Crippen LogP contribution in [0.4, 0.5) is 0 Å². The number of amides is 2. The van der Waals surface area contributed by atoms with Crippen LogP contribution in [-0.2, 0) is 11.2 Å². The van der Waals surface area contributed by atoms with Crippen molar-refractivity contribution in [3.63, 3.8) is 0 Å². The molecule has 1 aromatic carbocycles. The number of hydrogen-bond donors (Lipinski definition) is 1. The van der Waals surface area contributed by atoms with Gasteiger partial charge in [-0.1, -0.05) is 18.2 Å². The maximum atomic E-state index is 12.7. The van der Waals surface area contributed by atoms with Crippen molar-refractivity contribution < 1.29 is 9.59 Å². The SMILES string of the molecule is CC(C)NC(=O)C1CCc2nnc(C3CCN(C(=O)c4ccccc4)CC3)n21. The number of hydrogen-bond acceptors (Lipinski definition) is 4. The maximum Gasteiger partial charge on any atom is 0.253 e. The van der Waals surface area contributed by atoms with Crippen molar-refractivity contribution in [1.82, 2.24) is 25.0 Å². The third kappa shape index (κ3) is 3.53. The number of carbonyl (C=O) groups is 2. The van der Waals surface area contributed by atoms with Crippen LogP contribution < -0.4 is 5.32 Å². The van der Waals surface area contributed by atoms with Gasteiger partial charge in [0.1, 0.15) is 17.7 Å². The van der Waals surface area contributed by atoms with Gasteiger partial charge in [0, 0.05) is 37.0 Å². The molecule has 1 N–H and O–H groups in total. The largest absolute Gasteiger partial charge is 0.352 e. The molecule has 1 fully saturated rings. The van der Waals surface area contributed by atoms with Gasteiger partial charge in [0.15, 0.2) is 0 Å². The molecule has 0 bridgehead atoms. The van der Waals surface area contributed by atoms with Gasteiger partial charge in [-0.3, -0.25) is 9.59 Å². The van der Waals surface area contributed by atoms with Crippen LogP contribution >= 0.6 is 0 Å². The van der Waals surface area contributed by atoms with Gasteiger partial charge < -0.3 is 14.8 Å². The fourth-order valence-electron chi connectivity index (χ4n) is 4.25. The summed E-state index contributed by atoms with van der Waals surface area (Å²) in [6.07, 6.45) is 3.25. The lowest BCUT2D eigenvalue weighted by molar-refractivity contribution is -0.124. The first-order valence-corrected chi connectivity index (χ1v) is 10.1. The molecule has 2 aliphatic rings. The summed E-state index contributed by atoms with van der Waals surface area (Å²) >= 11 is 0. The Balaban J connectivity index is 1.45. The molecular formula is C21H27N5O2. The fourth-order valence-corrected chi connectivity index (χ4v) is 4.25. The minimum Gasteiger partial charge on any atom is -0.352 e. The second-order valence-corrected chi connectivity index (χ2v) is 7.99. The lowest BCUT2D eigenvalue weighted by Gasteiger charge is -2.32. The molecule has 0 spiro atoms. The van der Waals surface area contributed by atoms with E-state index in [2.05, 4.69) is 20.1 Å². The van der Waals surface area contributed by atoms with E-state index in [-0.39, 0.29) is 29.8 Å². The monoisotopic (exact) mass is 381 g/mol. The zero-order valence-corrected chi connectivity index (χ0v) is 16.5. The third-order valence-corrected chi connectivity index (χ3v) is 5.65. The van der Waals surface area contributed by atoms with Crippen molar-refractivity contribution in [2.45, 2.75) is 57.5 Å². The number of aromatic nitrogens is 3. The summed E-state index contributed by atoms with van der Waals surface area (Å²) in [5.74, 6) is 2.17. The molecule has 7 nitrogen and oxygen atoms in total. The first kappa shape index (κ1) is 18.7. The Morgan fingerprint density at radius 1 is 1.07 bits per heavy atom. The van der Waals surface area contributed by atoms with E-state index in [4.69, 9.17) is 0 Å². The van der Waals surface area contributed by atoms with Crippen molar-refractivity contribution in [2.24, 2.45) is 0 Å². The molecule has 2 amide bonds. The highest BCUT2D eigenvalue weighted by atomic mass is 16.2. The number of rotatable bonds is 4. The van der Waals surface area contributed by atoms with Crippen molar-refractivity contribution in [1.29, 1.82) is 0 Å². The van der Waals surface area contributed by atoms with Crippen molar-refractivity contribution in [2.75, 3.05) is 13.1 Å². The Hall–Kier alpha value is -2.70. The van der Waals surface area contributed by atoms with E-state index in [1.54, 1.807) is 0 Å². The third-order valence-electron chi connectivity index (χ3n) is 5.65. The zero-order valence-electron chi connectivity index (χ0n) is 16.5. The van der Waals surface area contributed by atoms with Crippen molar-refractivity contribution in [3.8, 4) is 0 Å². The normalized spacial score (nSPS) is 19.7. The number of nitrogens with one attached hydrogen (secondary N) is 1. The average molecular weight is 381 g/mol. The van der Waals surface area contributed by atoms with Crippen molar-refractivity contribution >= 4 is 11.8 Å². The smallest absolute Gasteiger partial charge is 0.253 e. The standard InChI is InChI=1S/C21H27N5O2/c1-14(2)22-20(27)17-8-9-18-23-24-19(26(17)18)15-10-12-25(13-11-15)21(28)16-6-4-3-5-7-16/h3-7,14-15,17H,8-13H2,1-2H3,(H,22,27). The van der Waals surface area contributed by atoms with Crippen LogP contribution in [0.25, 0.3) is 0 Å². The van der Waals surface area contributed by atoms with E-state index in [9.17, 15) is 9.59 Å². The van der Waals surface area contributed by atoms with Crippen LogP contribution in [0.15, 0.2) is 30.3 Å². The number of carbonyl (C=O) groups excluding carboxylic acids is 2. The Morgan fingerprint density at radius 2 is 1.79 bits per heavy atom. The number of aryl methyl sites for hydroxylation is 1. The highest BCUT2D eigenvalue weighted by Gasteiger charge is 2.36. The lowest BCUT2D eigenvalue weighted by Crippen LogP contribution is -2.39. The average Bonchev–Trinajstić information content (AvgIpc) is 3.30. The van der Waals surface area contributed by atoms with Gasteiger partial charge in [-0.15, -0.1) is 10.2 Å². The molecule has 3 heterocycles. The summed E-state index contributed by atoms with van der Waals surface area (Å²) < 4.78 is 2.05. The highest BCUT2D eigenvalue weighted by Crippen LogP contribution is 2.34. The van der Waals surface area contributed by atoms with Gasteiger partial charge in [-0.25, -0.2) is 0 Å². The Labute approximate surface area is 165 Å². The van der Waals surface area contributed by atoms with Gasteiger partial charge in [0.05, 0.1) is 0 Å². The quantitative estimate of drug-likeness (QED) is 0.881. The molecule has 0 saturated carbocycles. The Morgan fingerprint density at radius 3 is 2.46 bits per heavy atom. The molecule has 148 valence electrons. The number of fused-ring (bicyclic) bond motifs is 1. The molecule has 0 radical (unpaired) electrons. The second-order valence-electron chi connectivity index (χ2n) is 7.99. The van der Waals surface area contributed by atoms with Crippen LogP contribution in [0.5, 0.6) is 0 Å². The number of piperidine rings is 1. The molecule has 28 heavy (non-hydrogen) atoms. The molecule has 0 aliphatic carbocycles. The number of nitrogens with zero attached hydrogens (tertiary/aromatic N) is 4. The lowest BCUT2D eigenvalue weighted by atomic mass is 9.95. The fraction of sp³-hybridized carbons (Fsp3) is 0.524. The maximum absolute atomic E-state index is 12.7.